The lowest BCUT2D eigenvalue weighted by molar-refractivity contribution is 0.166. The van der Waals surface area contributed by atoms with Crippen LogP contribution in [0.4, 0.5) is 0 Å². The number of hydrogen-bond donors (Lipinski definition) is 0. The minimum absolute atomic E-state index is 0.267. The van der Waals surface area contributed by atoms with Crippen LogP contribution in [0.3, 0.4) is 0 Å². The molecule has 1 rings (SSSR count). The predicted molar refractivity (Wildman–Crippen MR) is 78.2 cm³/mol. The molecule has 1 aromatic rings. The maximum absolute atomic E-state index is 5.89. The van der Waals surface area contributed by atoms with Gasteiger partial charge in [-0.05, 0) is 42.5 Å². The number of halogens is 1. The van der Waals surface area contributed by atoms with E-state index in [1.54, 1.807) is 0 Å². The second kappa shape index (κ2) is 5.90. The predicted octanol–water partition coefficient (Wildman–Crippen LogP) is 4.74. The van der Waals surface area contributed by atoms with E-state index in [9.17, 15) is 0 Å². The average Bonchev–Trinajstić information content (AvgIpc) is 2.22. The normalized spacial score (nSPS) is 13.5. The number of benzene rings is 1. The van der Waals surface area contributed by atoms with Crippen LogP contribution in [0, 0.1) is 25.2 Å². The van der Waals surface area contributed by atoms with Gasteiger partial charge in [0.1, 0.15) is 5.75 Å². The van der Waals surface area contributed by atoms with Crippen molar-refractivity contribution < 1.29 is 4.74 Å². The highest BCUT2D eigenvalue weighted by molar-refractivity contribution is 9.09. The van der Waals surface area contributed by atoms with E-state index in [2.05, 4.69) is 68.7 Å². The van der Waals surface area contributed by atoms with Crippen molar-refractivity contribution in [3.8, 4) is 5.75 Å². The third-order valence-corrected chi connectivity index (χ3v) is 4.12. The molecule has 0 N–H and O–H groups in total. The van der Waals surface area contributed by atoms with E-state index in [1.807, 2.05) is 0 Å². The standard InChI is InChI=1S/C15H23BrO/c1-11-6-7-14(8-12(11)2)17-10-13(9-16)15(3,4)5/h6-8,13H,9-10H2,1-5H3. The Morgan fingerprint density at radius 1 is 1.18 bits per heavy atom. The van der Waals surface area contributed by atoms with Gasteiger partial charge in [0.05, 0.1) is 6.61 Å². The van der Waals surface area contributed by atoms with E-state index in [-0.39, 0.29) is 5.41 Å². The van der Waals surface area contributed by atoms with Crippen molar-refractivity contribution >= 4 is 15.9 Å². The van der Waals surface area contributed by atoms with Crippen LogP contribution < -0.4 is 4.74 Å². The Morgan fingerprint density at radius 3 is 2.29 bits per heavy atom. The van der Waals surface area contributed by atoms with Gasteiger partial charge in [0.2, 0.25) is 0 Å². The molecule has 0 aliphatic rings. The van der Waals surface area contributed by atoms with Gasteiger partial charge < -0.3 is 4.74 Å². The zero-order valence-electron chi connectivity index (χ0n) is 11.5. The number of rotatable bonds is 4. The van der Waals surface area contributed by atoms with Gasteiger partial charge in [0.15, 0.2) is 0 Å². The zero-order chi connectivity index (χ0) is 13.1. The molecular formula is C15H23BrO. The Kier molecular flexibility index (Phi) is 5.05. The molecule has 0 saturated carbocycles. The minimum atomic E-state index is 0.267. The Balaban J connectivity index is 2.63. The summed E-state index contributed by atoms with van der Waals surface area (Å²) in [5, 5.41) is 0.974. The summed E-state index contributed by atoms with van der Waals surface area (Å²) in [5.74, 6) is 1.49. The molecule has 0 fully saturated rings. The third-order valence-electron chi connectivity index (χ3n) is 3.34. The maximum Gasteiger partial charge on any atom is 0.119 e. The fourth-order valence-corrected chi connectivity index (χ4v) is 2.68. The van der Waals surface area contributed by atoms with Crippen LogP contribution in [0.25, 0.3) is 0 Å². The van der Waals surface area contributed by atoms with E-state index in [1.165, 1.54) is 11.1 Å². The fraction of sp³-hybridized carbons (Fsp3) is 0.600. The maximum atomic E-state index is 5.89. The van der Waals surface area contributed by atoms with Crippen LogP contribution in [0.15, 0.2) is 18.2 Å². The summed E-state index contributed by atoms with van der Waals surface area (Å²) in [6, 6.07) is 6.28. The van der Waals surface area contributed by atoms with Crippen molar-refractivity contribution in [2.24, 2.45) is 11.3 Å². The first-order valence-electron chi connectivity index (χ1n) is 6.10. The molecule has 96 valence electrons. The van der Waals surface area contributed by atoms with Crippen molar-refractivity contribution in [1.29, 1.82) is 0 Å². The number of aryl methyl sites for hydroxylation is 2. The second-order valence-corrected chi connectivity index (χ2v) is 6.42. The monoisotopic (exact) mass is 298 g/mol. The molecule has 0 heterocycles. The van der Waals surface area contributed by atoms with Gasteiger partial charge in [0, 0.05) is 11.2 Å². The lowest BCUT2D eigenvalue weighted by Gasteiger charge is -2.29. The minimum Gasteiger partial charge on any atom is -0.493 e. The van der Waals surface area contributed by atoms with Crippen molar-refractivity contribution in [2.75, 3.05) is 11.9 Å². The lowest BCUT2D eigenvalue weighted by Crippen LogP contribution is -2.27. The first kappa shape index (κ1) is 14.6. The Morgan fingerprint density at radius 2 is 1.82 bits per heavy atom. The Labute approximate surface area is 114 Å². The van der Waals surface area contributed by atoms with Crippen molar-refractivity contribution in [2.45, 2.75) is 34.6 Å². The molecule has 0 aliphatic carbocycles. The lowest BCUT2D eigenvalue weighted by atomic mass is 9.83. The Hall–Kier alpha value is -0.500. The van der Waals surface area contributed by atoms with Crippen LogP contribution >= 0.6 is 15.9 Å². The smallest absolute Gasteiger partial charge is 0.119 e. The van der Waals surface area contributed by atoms with Gasteiger partial charge >= 0.3 is 0 Å². The van der Waals surface area contributed by atoms with E-state index in [0.29, 0.717) is 5.92 Å². The summed E-state index contributed by atoms with van der Waals surface area (Å²) in [4.78, 5) is 0. The molecule has 17 heavy (non-hydrogen) atoms. The first-order valence-corrected chi connectivity index (χ1v) is 7.22. The highest BCUT2D eigenvalue weighted by atomic mass is 79.9. The summed E-state index contributed by atoms with van der Waals surface area (Å²) < 4.78 is 5.89. The quantitative estimate of drug-likeness (QED) is 0.730. The van der Waals surface area contributed by atoms with Gasteiger partial charge in [-0.3, -0.25) is 0 Å². The molecule has 1 aromatic carbocycles. The highest BCUT2D eigenvalue weighted by Crippen LogP contribution is 2.28. The molecule has 0 aliphatic heterocycles. The molecule has 1 atom stereocenters. The fourth-order valence-electron chi connectivity index (χ4n) is 1.53. The molecule has 1 unspecified atom stereocenters. The summed E-state index contributed by atoms with van der Waals surface area (Å²) in [7, 11) is 0. The molecule has 0 aromatic heterocycles. The van der Waals surface area contributed by atoms with E-state index in [0.717, 1.165) is 17.7 Å². The Bertz CT molecular complexity index is 366. The van der Waals surface area contributed by atoms with Gasteiger partial charge in [-0.25, -0.2) is 0 Å². The van der Waals surface area contributed by atoms with Crippen LogP contribution in [-0.4, -0.2) is 11.9 Å². The highest BCUT2D eigenvalue weighted by Gasteiger charge is 2.24. The van der Waals surface area contributed by atoms with Crippen molar-refractivity contribution in [3.05, 3.63) is 29.3 Å². The molecule has 0 saturated heterocycles. The van der Waals surface area contributed by atoms with Crippen LogP contribution in [0.1, 0.15) is 31.9 Å². The van der Waals surface area contributed by atoms with Crippen LogP contribution in [-0.2, 0) is 0 Å². The molecule has 0 bridgehead atoms. The summed E-state index contributed by atoms with van der Waals surface area (Å²) in [6.45, 7) is 11.8. The largest absolute Gasteiger partial charge is 0.493 e. The molecule has 0 radical (unpaired) electrons. The number of alkyl halides is 1. The third kappa shape index (κ3) is 4.34. The second-order valence-electron chi connectivity index (χ2n) is 5.77. The van der Waals surface area contributed by atoms with Crippen molar-refractivity contribution in [1.82, 2.24) is 0 Å². The molecule has 1 nitrogen and oxygen atoms in total. The van der Waals surface area contributed by atoms with Crippen LogP contribution in [0.2, 0.25) is 0 Å². The first-order chi connectivity index (χ1) is 7.84. The number of ether oxygens (including phenoxy) is 1. The number of hydrogen-bond acceptors (Lipinski definition) is 1. The van der Waals surface area contributed by atoms with Gasteiger partial charge in [0.25, 0.3) is 0 Å². The molecular weight excluding hydrogens is 276 g/mol. The molecule has 0 spiro atoms. The van der Waals surface area contributed by atoms with Crippen molar-refractivity contribution in [3.63, 3.8) is 0 Å². The van der Waals surface area contributed by atoms with E-state index in [4.69, 9.17) is 4.74 Å². The summed E-state index contributed by atoms with van der Waals surface area (Å²) >= 11 is 3.57. The van der Waals surface area contributed by atoms with E-state index < -0.39 is 0 Å². The van der Waals surface area contributed by atoms with Gasteiger partial charge in [-0.2, -0.15) is 0 Å². The van der Waals surface area contributed by atoms with E-state index >= 15 is 0 Å². The topological polar surface area (TPSA) is 9.23 Å². The van der Waals surface area contributed by atoms with Gasteiger partial charge in [-0.1, -0.05) is 42.8 Å². The summed E-state index contributed by atoms with van der Waals surface area (Å²) in [5.41, 5.74) is 2.86. The van der Waals surface area contributed by atoms with Gasteiger partial charge in [-0.15, -0.1) is 0 Å². The average molecular weight is 299 g/mol. The molecule has 0 amide bonds. The zero-order valence-corrected chi connectivity index (χ0v) is 13.1. The SMILES string of the molecule is Cc1ccc(OCC(CBr)C(C)(C)C)cc1C. The van der Waals surface area contributed by atoms with Crippen LogP contribution in [0.5, 0.6) is 5.75 Å². The summed E-state index contributed by atoms with van der Waals surface area (Å²) in [6.07, 6.45) is 0. The molecule has 2 heteroatoms.